The minimum Gasteiger partial charge on any atom is -0.302 e. The van der Waals surface area contributed by atoms with Crippen LogP contribution in [0.2, 0.25) is 0 Å². The van der Waals surface area contributed by atoms with E-state index in [4.69, 9.17) is 0 Å². The van der Waals surface area contributed by atoms with Crippen LogP contribution in [0.15, 0.2) is 12.3 Å². The van der Waals surface area contributed by atoms with E-state index < -0.39 is 0 Å². The first-order chi connectivity index (χ1) is 6.18. The second-order valence-electron chi connectivity index (χ2n) is 3.59. The molecule has 70 valence electrons. The molecule has 2 heterocycles. The Balaban J connectivity index is 2.20. The maximum Gasteiger partial charge on any atom is 0.177 e. The molecule has 13 heavy (non-hydrogen) atoms. The number of likely N-dealkylation sites (tertiary alicyclic amines) is 1. The summed E-state index contributed by atoms with van der Waals surface area (Å²) in [7, 11) is 2.06. The Bertz CT molecular complexity index is 325. The van der Waals surface area contributed by atoms with Gasteiger partial charge in [-0.05, 0) is 13.1 Å². The molecule has 1 aliphatic heterocycles. The molecule has 1 aromatic heterocycles. The van der Waals surface area contributed by atoms with Crippen molar-refractivity contribution in [2.45, 2.75) is 13.0 Å². The van der Waals surface area contributed by atoms with E-state index in [1.165, 1.54) is 0 Å². The van der Waals surface area contributed by atoms with Gasteiger partial charge in [0.2, 0.25) is 0 Å². The zero-order valence-corrected chi connectivity index (χ0v) is 7.90. The zero-order valence-electron chi connectivity index (χ0n) is 7.90. The molecule has 0 amide bonds. The van der Waals surface area contributed by atoms with Gasteiger partial charge in [0.25, 0.3) is 0 Å². The van der Waals surface area contributed by atoms with Crippen molar-refractivity contribution in [1.29, 1.82) is 0 Å². The number of likely N-dealkylation sites (N-methyl/N-ethyl adjacent to an activating group) is 1. The number of nitrogens with zero attached hydrogens (tertiary/aromatic N) is 3. The summed E-state index contributed by atoms with van der Waals surface area (Å²) in [6, 6.07) is 2.17. The van der Waals surface area contributed by atoms with Gasteiger partial charge in [0.1, 0.15) is 5.69 Å². The van der Waals surface area contributed by atoms with Crippen molar-refractivity contribution in [2.75, 3.05) is 20.1 Å². The van der Waals surface area contributed by atoms with Crippen molar-refractivity contribution in [2.24, 2.45) is 0 Å². The molecular weight excluding hydrogens is 166 g/mol. The monoisotopic (exact) mass is 179 g/mol. The third-order valence-electron chi connectivity index (χ3n) is 2.42. The van der Waals surface area contributed by atoms with E-state index in [1.54, 1.807) is 19.2 Å². The molecule has 0 atom stereocenters. The lowest BCUT2D eigenvalue weighted by Crippen LogP contribution is -2.45. The maximum atomic E-state index is 11.2. The summed E-state index contributed by atoms with van der Waals surface area (Å²) in [6.07, 6.45) is 1.69. The van der Waals surface area contributed by atoms with Crippen molar-refractivity contribution in [3.8, 4) is 0 Å². The molecule has 0 spiro atoms. The number of hydrogen-bond acceptors (Lipinski definition) is 3. The Kier molecular flexibility index (Phi) is 1.92. The average molecular weight is 179 g/mol. The fourth-order valence-corrected chi connectivity index (χ4v) is 1.70. The van der Waals surface area contributed by atoms with Gasteiger partial charge in [-0.2, -0.15) is 5.10 Å². The minimum atomic E-state index is 0.0899. The van der Waals surface area contributed by atoms with Gasteiger partial charge >= 0.3 is 0 Å². The summed E-state index contributed by atoms with van der Waals surface area (Å²) in [5.74, 6) is 0.0899. The average Bonchev–Trinajstić information content (AvgIpc) is 2.45. The molecule has 2 rings (SSSR count). The largest absolute Gasteiger partial charge is 0.302 e. The van der Waals surface area contributed by atoms with E-state index >= 15 is 0 Å². The van der Waals surface area contributed by atoms with E-state index in [9.17, 15) is 4.79 Å². The Hall–Kier alpha value is -1.16. The summed E-state index contributed by atoms with van der Waals surface area (Å²) in [6.45, 7) is 3.56. The van der Waals surface area contributed by atoms with Crippen LogP contribution in [-0.4, -0.2) is 40.6 Å². The third kappa shape index (κ3) is 1.37. The predicted octanol–water partition coefficient (Wildman–Crippen LogP) is 0.572. The Labute approximate surface area is 77.1 Å². The molecular formula is C9H13N3O. The standard InChI is InChI=1S/C9H13N3O/c1-7(13)9-3-4-10-12(9)8-5-11(2)6-8/h3-4,8H,5-6H2,1-2H3. The summed E-state index contributed by atoms with van der Waals surface area (Å²) >= 11 is 0. The lowest BCUT2D eigenvalue weighted by Gasteiger charge is -2.36. The molecule has 1 aromatic rings. The number of hydrogen-bond donors (Lipinski definition) is 0. The Morgan fingerprint density at radius 1 is 1.62 bits per heavy atom. The van der Waals surface area contributed by atoms with E-state index in [2.05, 4.69) is 17.0 Å². The fraction of sp³-hybridized carbons (Fsp3) is 0.556. The summed E-state index contributed by atoms with van der Waals surface area (Å²) in [4.78, 5) is 13.4. The topological polar surface area (TPSA) is 38.1 Å². The molecule has 1 fully saturated rings. The van der Waals surface area contributed by atoms with Crippen LogP contribution in [0.4, 0.5) is 0 Å². The number of carbonyl (C=O) groups is 1. The highest BCUT2D eigenvalue weighted by molar-refractivity contribution is 5.92. The zero-order chi connectivity index (χ0) is 9.42. The predicted molar refractivity (Wildman–Crippen MR) is 48.8 cm³/mol. The van der Waals surface area contributed by atoms with Gasteiger partial charge in [-0.3, -0.25) is 9.48 Å². The van der Waals surface area contributed by atoms with Crippen molar-refractivity contribution < 1.29 is 4.79 Å². The lowest BCUT2D eigenvalue weighted by atomic mass is 10.1. The first-order valence-corrected chi connectivity index (χ1v) is 4.41. The van der Waals surface area contributed by atoms with Crippen LogP contribution in [0.1, 0.15) is 23.5 Å². The lowest BCUT2D eigenvalue weighted by molar-refractivity contribution is 0.0965. The quantitative estimate of drug-likeness (QED) is 0.623. The summed E-state index contributed by atoms with van der Waals surface area (Å²) in [5, 5.41) is 4.16. The highest BCUT2D eigenvalue weighted by Gasteiger charge is 2.27. The first kappa shape index (κ1) is 8.44. The van der Waals surface area contributed by atoms with Gasteiger partial charge < -0.3 is 4.90 Å². The number of carbonyl (C=O) groups excluding carboxylic acids is 1. The molecule has 0 unspecified atom stereocenters. The van der Waals surface area contributed by atoms with E-state index in [-0.39, 0.29) is 5.78 Å². The van der Waals surface area contributed by atoms with E-state index in [0.29, 0.717) is 6.04 Å². The van der Waals surface area contributed by atoms with Crippen LogP contribution in [0, 0.1) is 0 Å². The van der Waals surface area contributed by atoms with Crippen molar-refractivity contribution >= 4 is 5.78 Å². The number of ketones is 1. The Morgan fingerprint density at radius 2 is 2.31 bits per heavy atom. The first-order valence-electron chi connectivity index (χ1n) is 4.41. The summed E-state index contributed by atoms with van der Waals surface area (Å²) in [5.41, 5.74) is 0.720. The minimum absolute atomic E-state index is 0.0899. The van der Waals surface area contributed by atoms with Gasteiger partial charge in [0.05, 0.1) is 6.04 Å². The van der Waals surface area contributed by atoms with Gasteiger partial charge in [-0.1, -0.05) is 0 Å². The summed E-state index contributed by atoms with van der Waals surface area (Å²) < 4.78 is 1.84. The smallest absolute Gasteiger partial charge is 0.177 e. The van der Waals surface area contributed by atoms with Crippen LogP contribution in [0.5, 0.6) is 0 Å². The maximum absolute atomic E-state index is 11.2. The molecule has 0 N–H and O–H groups in total. The number of Topliss-reactive ketones (excluding diaryl/α,β-unsaturated/α-hetero) is 1. The molecule has 0 aromatic carbocycles. The molecule has 4 heteroatoms. The van der Waals surface area contributed by atoms with Crippen LogP contribution in [0.3, 0.4) is 0 Å². The van der Waals surface area contributed by atoms with Crippen molar-refractivity contribution in [1.82, 2.24) is 14.7 Å². The fourth-order valence-electron chi connectivity index (χ4n) is 1.70. The second-order valence-corrected chi connectivity index (χ2v) is 3.59. The Morgan fingerprint density at radius 3 is 2.85 bits per heavy atom. The van der Waals surface area contributed by atoms with Crippen molar-refractivity contribution in [3.63, 3.8) is 0 Å². The van der Waals surface area contributed by atoms with Crippen LogP contribution in [0.25, 0.3) is 0 Å². The molecule has 1 aliphatic rings. The highest BCUT2D eigenvalue weighted by atomic mass is 16.1. The van der Waals surface area contributed by atoms with Crippen LogP contribution in [-0.2, 0) is 0 Å². The normalized spacial score (nSPS) is 18.6. The van der Waals surface area contributed by atoms with Crippen LogP contribution >= 0.6 is 0 Å². The van der Waals surface area contributed by atoms with E-state index in [0.717, 1.165) is 18.8 Å². The number of aromatic nitrogens is 2. The second kappa shape index (κ2) is 2.96. The van der Waals surface area contributed by atoms with Gasteiger partial charge in [-0.25, -0.2) is 0 Å². The van der Waals surface area contributed by atoms with E-state index in [1.807, 2.05) is 4.68 Å². The van der Waals surface area contributed by atoms with Gasteiger partial charge in [0.15, 0.2) is 5.78 Å². The molecule has 4 nitrogen and oxygen atoms in total. The van der Waals surface area contributed by atoms with Gasteiger partial charge in [-0.15, -0.1) is 0 Å². The van der Waals surface area contributed by atoms with Gasteiger partial charge in [0, 0.05) is 26.2 Å². The molecule has 0 bridgehead atoms. The molecule has 0 radical (unpaired) electrons. The van der Waals surface area contributed by atoms with Crippen LogP contribution < -0.4 is 0 Å². The SMILES string of the molecule is CC(=O)c1ccnn1C1CN(C)C1. The molecule has 0 saturated carbocycles. The molecule has 1 saturated heterocycles. The molecule has 0 aliphatic carbocycles. The third-order valence-corrected chi connectivity index (χ3v) is 2.42. The highest BCUT2D eigenvalue weighted by Crippen LogP contribution is 2.20. The number of rotatable bonds is 2. The van der Waals surface area contributed by atoms with Crippen molar-refractivity contribution in [3.05, 3.63) is 18.0 Å².